The Labute approximate surface area is 363 Å². The summed E-state index contributed by atoms with van der Waals surface area (Å²) in [4.78, 5) is 12.5. The van der Waals surface area contributed by atoms with Crippen molar-refractivity contribution in [2.24, 2.45) is 0 Å². The van der Waals surface area contributed by atoms with E-state index in [0.29, 0.717) is 12.8 Å². The van der Waals surface area contributed by atoms with Gasteiger partial charge in [-0.1, -0.05) is 270 Å². The fraction of sp³-hybridized carbons (Fsp3) is 0.943. The first kappa shape index (κ1) is 57.1. The van der Waals surface area contributed by atoms with Crippen LogP contribution in [-0.4, -0.2) is 46.1 Å². The smallest absolute Gasteiger partial charge is 0.249 e. The molecule has 0 spiro atoms. The van der Waals surface area contributed by atoms with E-state index in [4.69, 9.17) is 0 Å². The van der Waals surface area contributed by atoms with Crippen molar-refractivity contribution < 1.29 is 20.1 Å². The molecule has 5 heteroatoms. The van der Waals surface area contributed by atoms with Crippen LogP contribution in [0.3, 0.4) is 0 Å². The van der Waals surface area contributed by atoms with E-state index in [0.717, 1.165) is 32.1 Å². The van der Waals surface area contributed by atoms with Crippen molar-refractivity contribution in [3.05, 3.63) is 12.2 Å². The largest absolute Gasteiger partial charge is 0.394 e. The lowest BCUT2D eigenvalue weighted by atomic mass is 10.0. The van der Waals surface area contributed by atoms with Gasteiger partial charge >= 0.3 is 0 Å². The molecular weight excluding hydrogens is 715 g/mol. The molecule has 0 aromatic carbocycles. The highest BCUT2D eigenvalue weighted by molar-refractivity contribution is 5.80. The van der Waals surface area contributed by atoms with Crippen LogP contribution in [0.4, 0.5) is 0 Å². The molecule has 3 unspecified atom stereocenters. The van der Waals surface area contributed by atoms with E-state index in [9.17, 15) is 20.1 Å². The second-order valence-electron chi connectivity index (χ2n) is 18.4. The fourth-order valence-corrected chi connectivity index (χ4v) is 8.48. The number of aliphatic hydroxyl groups is 3. The SMILES string of the molecule is CCCCCCCCCCCCCC/C=C\CCCCCCCCCCCCCCCCC(O)C(=O)NC(CO)C(O)CCCCCCCCCCCCCCCC. The summed E-state index contributed by atoms with van der Waals surface area (Å²) in [5, 5.41) is 33.4. The Bertz CT molecular complexity index is 818. The van der Waals surface area contributed by atoms with Crippen molar-refractivity contribution in [1.82, 2.24) is 5.32 Å². The van der Waals surface area contributed by atoms with Gasteiger partial charge in [-0.2, -0.15) is 0 Å². The number of rotatable bonds is 49. The lowest BCUT2D eigenvalue weighted by Gasteiger charge is -2.23. The average Bonchev–Trinajstić information content (AvgIpc) is 3.23. The van der Waals surface area contributed by atoms with Crippen LogP contribution in [0, 0.1) is 0 Å². The van der Waals surface area contributed by atoms with Gasteiger partial charge in [0.05, 0.1) is 18.8 Å². The van der Waals surface area contributed by atoms with E-state index in [1.807, 2.05) is 0 Å². The Kier molecular flexibility index (Phi) is 48.0. The Balaban J connectivity index is 3.49. The number of carbonyl (C=O) groups excluding carboxylic acids is 1. The van der Waals surface area contributed by atoms with Crippen molar-refractivity contribution in [1.29, 1.82) is 0 Å². The summed E-state index contributed by atoms with van der Waals surface area (Å²) in [6, 6.07) is -0.708. The van der Waals surface area contributed by atoms with Crippen LogP contribution in [0.2, 0.25) is 0 Å². The molecule has 0 saturated heterocycles. The first-order chi connectivity index (χ1) is 28.6. The van der Waals surface area contributed by atoms with Crippen LogP contribution in [0.5, 0.6) is 0 Å². The number of unbranched alkanes of at least 4 members (excludes halogenated alkanes) is 39. The van der Waals surface area contributed by atoms with E-state index >= 15 is 0 Å². The van der Waals surface area contributed by atoms with Gasteiger partial charge < -0.3 is 20.6 Å². The molecule has 0 radical (unpaired) electrons. The average molecular weight is 820 g/mol. The number of nitrogens with one attached hydrogen (secondary N) is 1. The second kappa shape index (κ2) is 48.8. The highest BCUT2D eigenvalue weighted by atomic mass is 16.3. The maximum absolute atomic E-state index is 12.5. The molecule has 0 aliphatic heterocycles. The monoisotopic (exact) mass is 820 g/mol. The number of hydrogen-bond acceptors (Lipinski definition) is 4. The molecule has 0 saturated carbocycles. The molecule has 1 amide bonds. The third-order valence-electron chi connectivity index (χ3n) is 12.6. The molecule has 58 heavy (non-hydrogen) atoms. The first-order valence-corrected chi connectivity index (χ1v) is 26.5. The number of aliphatic hydroxyl groups excluding tert-OH is 3. The Morgan fingerprint density at radius 2 is 0.655 bits per heavy atom. The number of amides is 1. The second-order valence-corrected chi connectivity index (χ2v) is 18.4. The molecule has 5 nitrogen and oxygen atoms in total. The van der Waals surface area contributed by atoms with Crippen molar-refractivity contribution in [3.8, 4) is 0 Å². The van der Waals surface area contributed by atoms with Crippen LogP contribution < -0.4 is 5.32 Å². The predicted molar refractivity (Wildman–Crippen MR) is 255 cm³/mol. The van der Waals surface area contributed by atoms with Gasteiger partial charge in [0.15, 0.2) is 0 Å². The summed E-state index contributed by atoms with van der Waals surface area (Å²) in [5.41, 5.74) is 0. The molecule has 0 aromatic heterocycles. The van der Waals surface area contributed by atoms with Crippen LogP contribution in [0.15, 0.2) is 12.2 Å². The lowest BCUT2D eigenvalue weighted by molar-refractivity contribution is -0.131. The molecule has 0 heterocycles. The normalized spacial score (nSPS) is 13.4. The molecule has 0 rings (SSSR count). The van der Waals surface area contributed by atoms with Crippen LogP contribution in [0.25, 0.3) is 0 Å². The number of carbonyl (C=O) groups is 1. The maximum Gasteiger partial charge on any atom is 0.249 e. The first-order valence-electron chi connectivity index (χ1n) is 26.5. The molecule has 4 N–H and O–H groups in total. The minimum atomic E-state index is -1.07. The molecule has 0 aliphatic rings. The van der Waals surface area contributed by atoms with E-state index in [-0.39, 0.29) is 6.61 Å². The van der Waals surface area contributed by atoms with Crippen LogP contribution in [-0.2, 0) is 4.79 Å². The third-order valence-corrected chi connectivity index (χ3v) is 12.6. The zero-order valence-electron chi connectivity index (χ0n) is 39.5. The molecule has 3 atom stereocenters. The van der Waals surface area contributed by atoms with Crippen LogP contribution >= 0.6 is 0 Å². The fourth-order valence-electron chi connectivity index (χ4n) is 8.48. The van der Waals surface area contributed by atoms with E-state index in [2.05, 4.69) is 31.3 Å². The van der Waals surface area contributed by atoms with Gasteiger partial charge in [0, 0.05) is 0 Å². The summed E-state index contributed by atoms with van der Waals surface area (Å²) < 4.78 is 0. The van der Waals surface area contributed by atoms with Gasteiger partial charge in [-0.25, -0.2) is 0 Å². The number of allylic oxidation sites excluding steroid dienone is 2. The quantitative estimate of drug-likeness (QED) is 0.0364. The summed E-state index contributed by atoms with van der Waals surface area (Å²) in [7, 11) is 0. The molecule has 0 fully saturated rings. The third kappa shape index (κ3) is 43.2. The minimum Gasteiger partial charge on any atom is -0.394 e. The summed E-state index contributed by atoms with van der Waals surface area (Å²) in [6.45, 7) is 4.26. The highest BCUT2D eigenvalue weighted by Crippen LogP contribution is 2.17. The molecule has 0 aromatic rings. The van der Waals surface area contributed by atoms with Gasteiger partial charge in [0.1, 0.15) is 6.10 Å². The van der Waals surface area contributed by atoms with Crippen molar-refractivity contribution in [2.75, 3.05) is 6.61 Å². The van der Waals surface area contributed by atoms with Gasteiger partial charge in [0.2, 0.25) is 5.91 Å². The standard InChI is InChI=1S/C53H105NO4/c1-3-5-7-9-11-13-15-17-19-20-21-22-23-24-25-26-27-28-29-30-31-32-33-34-36-38-40-42-44-46-48-52(57)53(58)54-50(49-55)51(56)47-45-43-41-39-37-35-18-16-14-12-10-8-6-4-2/h24-25,50-52,55-57H,3-23,26-49H2,1-2H3,(H,54,58)/b25-24-. The van der Waals surface area contributed by atoms with Crippen molar-refractivity contribution in [2.45, 2.75) is 315 Å². The molecular formula is C53H105NO4. The predicted octanol–water partition coefficient (Wildman–Crippen LogP) is 15.9. The Hall–Kier alpha value is -0.910. The van der Waals surface area contributed by atoms with E-state index in [1.165, 1.54) is 238 Å². The van der Waals surface area contributed by atoms with Crippen molar-refractivity contribution in [3.63, 3.8) is 0 Å². The van der Waals surface area contributed by atoms with Gasteiger partial charge in [0.25, 0.3) is 0 Å². The van der Waals surface area contributed by atoms with Gasteiger partial charge in [-0.05, 0) is 38.5 Å². The summed E-state index contributed by atoms with van der Waals surface area (Å²) in [6.07, 6.45) is 59.6. The minimum absolute atomic E-state index is 0.310. The summed E-state index contributed by atoms with van der Waals surface area (Å²) >= 11 is 0. The Morgan fingerprint density at radius 1 is 0.397 bits per heavy atom. The van der Waals surface area contributed by atoms with E-state index in [1.54, 1.807) is 0 Å². The van der Waals surface area contributed by atoms with E-state index < -0.39 is 24.2 Å². The maximum atomic E-state index is 12.5. The lowest BCUT2D eigenvalue weighted by Crippen LogP contribution is -2.49. The topological polar surface area (TPSA) is 89.8 Å². The van der Waals surface area contributed by atoms with Crippen LogP contribution in [0.1, 0.15) is 296 Å². The number of hydrogen-bond donors (Lipinski definition) is 4. The molecule has 0 bridgehead atoms. The highest BCUT2D eigenvalue weighted by Gasteiger charge is 2.23. The summed E-state index contributed by atoms with van der Waals surface area (Å²) in [5.74, 6) is -0.466. The Morgan fingerprint density at radius 3 is 0.948 bits per heavy atom. The molecule has 0 aliphatic carbocycles. The zero-order chi connectivity index (χ0) is 42.3. The van der Waals surface area contributed by atoms with Gasteiger partial charge in [-0.15, -0.1) is 0 Å². The van der Waals surface area contributed by atoms with Crippen molar-refractivity contribution >= 4 is 5.91 Å². The zero-order valence-corrected chi connectivity index (χ0v) is 39.5. The molecule has 346 valence electrons. The van der Waals surface area contributed by atoms with Gasteiger partial charge in [-0.3, -0.25) is 4.79 Å².